The zero-order valence-corrected chi connectivity index (χ0v) is 17.2. The van der Waals surface area contributed by atoms with Gasteiger partial charge in [0.05, 0.1) is 25.8 Å². The van der Waals surface area contributed by atoms with E-state index in [1.54, 1.807) is 0 Å². The number of hydrogen-bond acceptors (Lipinski definition) is 8. The first-order valence-corrected chi connectivity index (χ1v) is 8.94. The van der Waals surface area contributed by atoms with Crippen LogP contribution in [0, 0.1) is 5.92 Å². The maximum atomic E-state index is 11.8. The number of nitrogens with two attached hydrogens (primary N) is 1. The largest absolute Gasteiger partial charge is 0.490 e. The van der Waals surface area contributed by atoms with Crippen molar-refractivity contribution in [3.8, 4) is 0 Å². The Labute approximate surface area is 180 Å². The molecule has 0 aromatic rings. The van der Waals surface area contributed by atoms with Crippen LogP contribution in [0.3, 0.4) is 0 Å². The summed E-state index contributed by atoms with van der Waals surface area (Å²) in [5, 5.41) is 40.2. The highest BCUT2D eigenvalue weighted by Crippen LogP contribution is 2.13. The molecule has 0 saturated carbocycles. The summed E-state index contributed by atoms with van der Waals surface area (Å²) < 4.78 is 31.7. The fraction of sp³-hybridized carbons (Fsp3) is 0.688. The summed E-state index contributed by atoms with van der Waals surface area (Å²) in [6.07, 6.45) is -4.65. The lowest BCUT2D eigenvalue weighted by molar-refractivity contribution is -0.192. The number of halogens is 3. The monoisotopic (exact) mass is 476 g/mol. The zero-order valence-electron chi connectivity index (χ0n) is 17.2. The predicted octanol–water partition coefficient (Wildman–Crippen LogP) is -2.85. The third kappa shape index (κ3) is 14.1. The number of aliphatic carboxylic acids is 2. The van der Waals surface area contributed by atoms with Crippen molar-refractivity contribution in [3.63, 3.8) is 0 Å². The molecule has 3 atom stereocenters. The average molecular weight is 476 g/mol. The summed E-state index contributed by atoms with van der Waals surface area (Å²) in [7, 11) is 0. The Balaban J connectivity index is 0. The number of carboxylic acids is 2. The minimum atomic E-state index is -5.08. The van der Waals surface area contributed by atoms with E-state index in [1.807, 2.05) is 19.2 Å². The summed E-state index contributed by atoms with van der Waals surface area (Å²) in [5.74, 6) is -6.31. The number of nitrogens with one attached hydrogen (secondary N) is 3. The number of rotatable bonds is 11. The molecule has 16 heteroatoms. The maximum absolute atomic E-state index is 11.8. The van der Waals surface area contributed by atoms with E-state index < -0.39 is 73.7 Å². The molecular formula is C16H27F3N4O9. The molecule has 0 aliphatic carbocycles. The third-order valence-electron chi connectivity index (χ3n) is 3.36. The van der Waals surface area contributed by atoms with Gasteiger partial charge in [-0.3, -0.25) is 14.4 Å². The first-order chi connectivity index (χ1) is 14.6. The van der Waals surface area contributed by atoms with Crippen LogP contribution in [0.25, 0.3) is 0 Å². The van der Waals surface area contributed by atoms with E-state index in [2.05, 4.69) is 10.6 Å². The van der Waals surface area contributed by atoms with E-state index in [-0.39, 0.29) is 5.92 Å². The molecule has 0 radical (unpaired) electrons. The number of alkyl halides is 3. The van der Waals surface area contributed by atoms with Gasteiger partial charge in [-0.2, -0.15) is 13.2 Å². The molecule has 186 valence electrons. The maximum Gasteiger partial charge on any atom is 0.490 e. The van der Waals surface area contributed by atoms with Crippen LogP contribution in [0.2, 0.25) is 0 Å². The van der Waals surface area contributed by atoms with Gasteiger partial charge in [0.15, 0.2) is 0 Å². The second-order valence-electron chi connectivity index (χ2n) is 6.64. The highest BCUT2D eigenvalue weighted by Gasteiger charge is 2.38. The van der Waals surface area contributed by atoms with Gasteiger partial charge in [0.25, 0.3) is 0 Å². The van der Waals surface area contributed by atoms with Crippen LogP contribution in [-0.2, 0) is 24.0 Å². The second-order valence-corrected chi connectivity index (χ2v) is 6.64. The van der Waals surface area contributed by atoms with Crippen molar-refractivity contribution in [1.82, 2.24) is 16.0 Å². The molecule has 0 aliphatic heterocycles. The molecule has 0 rings (SSSR count). The smallest absolute Gasteiger partial charge is 0.480 e. The molecule has 9 N–H and O–H groups in total. The lowest BCUT2D eigenvalue weighted by atomic mass is 10.0. The van der Waals surface area contributed by atoms with Crippen molar-refractivity contribution >= 4 is 29.7 Å². The van der Waals surface area contributed by atoms with Crippen molar-refractivity contribution in [3.05, 3.63) is 0 Å². The SMILES string of the molecule is CC(C)CC(N)C(=O)NCC(=O)N[C@@H](CO)C(=O)N[C@@H](CO)C(=O)O.O=C(O)C(F)(F)F. The Kier molecular flexibility index (Phi) is 14.6. The second kappa shape index (κ2) is 14.9. The van der Waals surface area contributed by atoms with Crippen LogP contribution in [0.15, 0.2) is 0 Å². The third-order valence-corrected chi connectivity index (χ3v) is 3.36. The van der Waals surface area contributed by atoms with Gasteiger partial charge in [-0.05, 0) is 12.3 Å². The number of carbonyl (C=O) groups is 5. The molecule has 0 heterocycles. The summed E-state index contributed by atoms with van der Waals surface area (Å²) in [6.45, 7) is 1.67. The molecule has 32 heavy (non-hydrogen) atoms. The minimum absolute atomic E-state index is 0.200. The van der Waals surface area contributed by atoms with E-state index in [0.29, 0.717) is 6.42 Å². The molecule has 0 fully saturated rings. The summed E-state index contributed by atoms with van der Waals surface area (Å²) in [5.41, 5.74) is 5.65. The minimum Gasteiger partial charge on any atom is -0.480 e. The van der Waals surface area contributed by atoms with Crippen molar-refractivity contribution in [2.45, 2.75) is 44.6 Å². The van der Waals surface area contributed by atoms with Crippen LogP contribution in [-0.4, -0.2) is 94.1 Å². The Bertz CT molecular complexity index is 659. The number of carboxylic acid groups (broad SMARTS) is 2. The molecule has 13 nitrogen and oxygen atoms in total. The topological polar surface area (TPSA) is 228 Å². The fourth-order valence-corrected chi connectivity index (χ4v) is 1.81. The predicted molar refractivity (Wildman–Crippen MR) is 99.8 cm³/mol. The quantitative estimate of drug-likeness (QED) is 0.152. The number of aliphatic hydroxyl groups is 2. The Morgan fingerprint density at radius 2 is 1.38 bits per heavy atom. The lowest BCUT2D eigenvalue weighted by Gasteiger charge is -2.19. The summed E-state index contributed by atoms with van der Waals surface area (Å²) >= 11 is 0. The van der Waals surface area contributed by atoms with Crippen LogP contribution in [0.5, 0.6) is 0 Å². The summed E-state index contributed by atoms with van der Waals surface area (Å²) in [6, 6.07) is -3.76. The number of aliphatic hydroxyl groups excluding tert-OH is 2. The molecule has 0 aromatic heterocycles. The summed E-state index contributed by atoms with van der Waals surface area (Å²) in [4.78, 5) is 54.8. The number of carbonyl (C=O) groups excluding carboxylic acids is 3. The van der Waals surface area contributed by atoms with Crippen molar-refractivity contribution in [2.24, 2.45) is 11.7 Å². The van der Waals surface area contributed by atoms with E-state index in [4.69, 9.17) is 31.0 Å². The van der Waals surface area contributed by atoms with Gasteiger partial charge in [0, 0.05) is 0 Å². The van der Waals surface area contributed by atoms with Gasteiger partial charge in [-0.15, -0.1) is 0 Å². The highest BCUT2D eigenvalue weighted by molar-refractivity contribution is 5.92. The standard InChI is InChI=1S/C14H26N4O7.C2HF3O2/c1-7(2)3-8(15)12(22)16-4-11(21)17-9(5-19)13(23)18-10(6-20)14(24)25;3-2(4,5)1(6)7/h7-10,19-20H,3-6,15H2,1-2H3,(H,16,22)(H,17,21)(H,18,23)(H,24,25);(H,6,7)/t8?,9-,10-;/m0./s1. The molecule has 0 aromatic carbocycles. The van der Waals surface area contributed by atoms with Crippen LogP contribution in [0.1, 0.15) is 20.3 Å². The molecule has 0 saturated heterocycles. The first-order valence-electron chi connectivity index (χ1n) is 8.94. The van der Waals surface area contributed by atoms with E-state index >= 15 is 0 Å². The zero-order chi connectivity index (χ0) is 25.6. The van der Waals surface area contributed by atoms with Gasteiger partial charge in [0.2, 0.25) is 17.7 Å². The molecule has 0 spiro atoms. The van der Waals surface area contributed by atoms with E-state index in [9.17, 15) is 32.3 Å². The highest BCUT2D eigenvalue weighted by atomic mass is 19.4. The van der Waals surface area contributed by atoms with Crippen molar-refractivity contribution in [2.75, 3.05) is 19.8 Å². The number of amides is 3. The molecule has 0 aliphatic rings. The van der Waals surface area contributed by atoms with E-state index in [1.165, 1.54) is 0 Å². The van der Waals surface area contributed by atoms with Crippen molar-refractivity contribution < 1.29 is 57.6 Å². The molecule has 1 unspecified atom stereocenters. The van der Waals surface area contributed by atoms with Gasteiger partial charge in [-0.1, -0.05) is 13.8 Å². The first kappa shape index (κ1) is 31.2. The number of hydrogen-bond donors (Lipinski definition) is 8. The van der Waals surface area contributed by atoms with Gasteiger partial charge < -0.3 is 42.1 Å². The molecule has 3 amide bonds. The van der Waals surface area contributed by atoms with Crippen LogP contribution < -0.4 is 21.7 Å². The van der Waals surface area contributed by atoms with Crippen LogP contribution in [0.4, 0.5) is 13.2 Å². The van der Waals surface area contributed by atoms with Crippen LogP contribution >= 0.6 is 0 Å². The van der Waals surface area contributed by atoms with Crippen molar-refractivity contribution in [1.29, 1.82) is 0 Å². The molecule has 0 bridgehead atoms. The normalized spacial score (nSPS) is 13.7. The van der Waals surface area contributed by atoms with Gasteiger partial charge >= 0.3 is 18.1 Å². The van der Waals surface area contributed by atoms with E-state index in [0.717, 1.165) is 0 Å². The van der Waals surface area contributed by atoms with Gasteiger partial charge in [0.1, 0.15) is 12.1 Å². The average Bonchev–Trinajstić information content (AvgIpc) is 2.66. The Morgan fingerprint density at radius 3 is 1.72 bits per heavy atom. The lowest BCUT2D eigenvalue weighted by Crippen LogP contribution is -2.55. The Hall–Kier alpha value is -2.98. The molecular weight excluding hydrogens is 449 g/mol. The Morgan fingerprint density at radius 1 is 0.906 bits per heavy atom. The fourth-order valence-electron chi connectivity index (χ4n) is 1.81. The van der Waals surface area contributed by atoms with Gasteiger partial charge in [-0.25, -0.2) is 9.59 Å².